The van der Waals surface area contributed by atoms with E-state index in [0.717, 1.165) is 0 Å². The first-order valence-corrected chi connectivity index (χ1v) is 5.99. The van der Waals surface area contributed by atoms with E-state index in [-0.39, 0.29) is 6.54 Å². The number of thiazole rings is 1. The van der Waals surface area contributed by atoms with Gasteiger partial charge in [0.25, 0.3) is 0 Å². The average molecular weight is 273 g/mol. The Morgan fingerprint density at radius 1 is 1.50 bits per heavy atom. The van der Waals surface area contributed by atoms with Crippen LogP contribution in [0.2, 0.25) is 0 Å². The lowest BCUT2D eigenvalue weighted by molar-refractivity contribution is 0.0636. The normalized spacial score (nSPS) is 10.8. The zero-order valence-corrected chi connectivity index (χ0v) is 11.1. The van der Waals surface area contributed by atoms with Gasteiger partial charge in [-0.25, -0.2) is 14.6 Å². The third kappa shape index (κ3) is 5.48. The maximum Gasteiger partial charge on any atom is 0.413 e. The molecule has 0 fully saturated rings. The molecule has 3 N–H and O–H groups in total. The molecule has 0 aliphatic carbocycles. The monoisotopic (exact) mass is 273 g/mol. The van der Waals surface area contributed by atoms with Gasteiger partial charge in [-0.1, -0.05) is 11.3 Å². The quantitative estimate of drug-likeness (QED) is 0.784. The Morgan fingerprint density at radius 2 is 2.17 bits per heavy atom. The Balaban J connectivity index is 2.48. The van der Waals surface area contributed by atoms with Gasteiger partial charge in [-0.15, -0.1) is 0 Å². The fourth-order valence-corrected chi connectivity index (χ4v) is 1.74. The standard InChI is InChI=1S/C10H15N3O4S/c1-10(2,3)17-9(16)13-7-11-4-6(18-7)5-12-8(14)15/h4,12H,5H2,1-3H3,(H,14,15)(H,11,13,16). The molecule has 8 heteroatoms. The Morgan fingerprint density at radius 3 is 2.72 bits per heavy atom. The first-order chi connectivity index (χ1) is 8.26. The number of amides is 2. The molecule has 0 spiro atoms. The summed E-state index contributed by atoms with van der Waals surface area (Å²) in [6.45, 7) is 5.44. The average Bonchev–Trinajstić information content (AvgIpc) is 2.59. The number of carbonyl (C=O) groups excluding carboxylic acids is 1. The van der Waals surface area contributed by atoms with E-state index in [1.807, 2.05) is 0 Å². The van der Waals surface area contributed by atoms with Crippen LogP contribution in [-0.2, 0) is 11.3 Å². The van der Waals surface area contributed by atoms with Crippen molar-refractivity contribution in [2.24, 2.45) is 0 Å². The first kappa shape index (κ1) is 14.2. The van der Waals surface area contributed by atoms with E-state index in [2.05, 4.69) is 15.6 Å². The van der Waals surface area contributed by atoms with Crippen LogP contribution in [0, 0.1) is 0 Å². The second-order valence-corrected chi connectivity index (χ2v) is 5.53. The van der Waals surface area contributed by atoms with Crippen LogP contribution in [0.25, 0.3) is 0 Å². The van der Waals surface area contributed by atoms with Crippen molar-refractivity contribution in [3.05, 3.63) is 11.1 Å². The lowest BCUT2D eigenvalue weighted by Crippen LogP contribution is -2.27. The van der Waals surface area contributed by atoms with Crippen molar-refractivity contribution < 1.29 is 19.4 Å². The van der Waals surface area contributed by atoms with Crippen LogP contribution >= 0.6 is 11.3 Å². The molecule has 1 rings (SSSR count). The zero-order chi connectivity index (χ0) is 13.8. The summed E-state index contributed by atoms with van der Waals surface area (Å²) in [6, 6.07) is 0. The molecule has 0 aliphatic rings. The molecule has 0 saturated carbocycles. The number of nitrogens with one attached hydrogen (secondary N) is 2. The predicted molar refractivity (Wildman–Crippen MR) is 66.8 cm³/mol. The highest BCUT2D eigenvalue weighted by Gasteiger charge is 2.17. The van der Waals surface area contributed by atoms with Crippen molar-refractivity contribution in [1.82, 2.24) is 10.3 Å². The second-order valence-electron chi connectivity index (χ2n) is 4.42. The van der Waals surface area contributed by atoms with Crippen LogP contribution in [0.15, 0.2) is 6.20 Å². The maximum atomic E-state index is 11.4. The van der Waals surface area contributed by atoms with Crippen molar-refractivity contribution >= 4 is 28.7 Å². The van der Waals surface area contributed by atoms with Crippen LogP contribution in [0.5, 0.6) is 0 Å². The molecule has 0 atom stereocenters. The van der Waals surface area contributed by atoms with Gasteiger partial charge in [0.2, 0.25) is 0 Å². The second kappa shape index (κ2) is 5.67. The lowest BCUT2D eigenvalue weighted by atomic mass is 10.2. The van der Waals surface area contributed by atoms with E-state index in [0.29, 0.717) is 10.0 Å². The number of hydrogen-bond donors (Lipinski definition) is 3. The van der Waals surface area contributed by atoms with Crippen LogP contribution in [0.3, 0.4) is 0 Å². The Kier molecular flexibility index (Phi) is 4.49. The highest BCUT2D eigenvalue weighted by Crippen LogP contribution is 2.19. The van der Waals surface area contributed by atoms with Gasteiger partial charge in [-0.2, -0.15) is 0 Å². The highest BCUT2D eigenvalue weighted by atomic mass is 32.1. The fourth-order valence-electron chi connectivity index (χ4n) is 1.00. The topological polar surface area (TPSA) is 101 Å². The number of rotatable bonds is 3. The highest BCUT2D eigenvalue weighted by molar-refractivity contribution is 7.15. The molecule has 0 unspecified atom stereocenters. The van der Waals surface area contributed by atoms with E-state index in [9.17, 15) is 9.59 Å². The van der Waals surface area contributed by atoms with Gasteiger partial charge in [0.05, 0.1) is 6.54 Å². The molecule has 0 radical (unpaired) electrons. The van der Waals surface area contributed by atoms with E-state index < -0.39 is 17.8 Å². The first-order valence-electron chi connectivity index (χ1n) is 5.18. The number of nitrogens with zero attached hydrogens (tertiary/aromatic N) is 1. The van der Waals surface area contributed by atoms with Crippen LogP contribution in [-0.4, -0.2) is 27.9 Å². The minimum atomic E-state index is -1.11. The summed E-state index contributed by atoms with van der Waals surface area (Å²) in [5, 5.41) is 13.5. The van der Waals surface area contributed by atoms with Crippen LogP contribution in [0.4, 0.5) is 14.7 Å². The van der Waals surface area contributed by atoms with Gasteiger partial charge in [0.15, 0.2) is 5.13 Å². The summed E-state index contributed by atoms with van der Waals surface area (Å²) in [5.41, 5.74) is -0.574. The predicted octanol–water partition coefficient (Wildman–Crippen LogP) is 2.26. The number of anilines is 1. The van der Waals surface area contributed by atoms with Crippen molar-refractivity contribution in [3.8, 4) is 0 Å². The van der Waals surface area contributed by atoms with Gasteiger partial charge in [-0.05, 0) is 20.8 Å². The summed E-state index contributed by atoms with van der Waals surface area (Å²) in [5.74, 6) is 0. The minimum Gasteiger partial charge on any atom is -0.465 e. The summed E-state index contributed by atoms with van der Waals surface area (Å²) in [7, 11) is 0. The molecule has 2 amide bonds. The van der Waals surface area contributed by atoms with Crippen LogP contribution in [0.1, 0.15) is 25.6 Å². The summed E-state index contributed by atoms with van der Waals surface area (Å²) in [6.07, 6.45) is -0.201. The van der Waals surface area contributed by atoms with Crippen molar-refractivity contribution in [1.29, 1.82) is 0 Å². The molecule has 7 nitrogen and oxygen atoms in total. The summed E-state index contributed by atoms with van der Waals surface area (Å²) >= 11 is 1.18. The smallest absolute Gasteiger partial charge is 0.413 e. The zero-order valence-electron chi connectivity index (χ0n) is 10.3. The number of carbonyl (C=O) groups is 2. The maximum absolute atomic E-state index is 11.4. The summed E-state index contributed by atoms with van der Waals surface area (Å²) in [4.78, 5) is 26.4. The number of aromatic nitrogens is 1. The molecule has 0 aromatic carbocycles. The third-order valence-corrected chi connectivity index (χ3v) is 2.49. The molecule has 100 valence electrons. The van der Waals surface area contributed by atoms with E-state index in [1.54, 1.807) is 20.8 Å². The third-order valence-electron chi connectivity index (χ3n) is 1.58. The van der Waals surface area contributed by atoms with Gasteiger partial charge in [0, 0.05) is 11.1 Å². The van der Waals surface area contributed by atoms with E-state index in [4.69, 9.17) is 9.84 Å². The molecule has 0 saturated heterocycles. The van der Waals surface area contributed by atoms with Gasteiger partial charge >= 0.3 is 12.2 Å². The largest absolute Gasteiger partial charge is 0.465 e. The van der Waals surface area contributed by atoms with Crippen molar-refractivity contribution in [2.45, 2.75) is 32.9 Å². The molecular formula is C10H15N3O4S. The summed E-state index contributed by atoms with van der Waals surface area (Å²) < 4.78 is 5.06. The van der Waals surface area contributed by atoms with E-state index >= 15 is 0 Å². The van der Waals surface area contributed by atoms with Crippen LogP contribution < -0.4 is 10.6 Å². The molecule has 0 bridgehead atoms. The van der Waals surface area contributed by atoms with Crippen molar-refractivity contribution in [3.63, 3.8) is 0 Å². The van der Waals surface area contributed by atoms with Crippen molar-refractivity contribution in [2.75, 3.05) is 5.32 Å². The molecular weight excluding hydrogens is 258 g/mol. The molecule has 1 heterocycles. The van der Waals surface area contributed by atoms with Gasteiger partial charge in [-0.3, -0.25) is 5.32 Å². The molecule has 0 aliphatic heterocycles. The number of carboxylic acid groups (broad SMARTS) is 1. The molecule has 18 heavy (non-hydrogen) atoms. The Labute approximate surface area is 108 Å². The lowest BCUT2D eigenvalue weighted by Gasteiger charge is -2.18. The van der Waals surface area contributed by atoms with Gasteiger partial charge < -0.3 is 15.2 Å². The minimum absolute atomic E-state index is 0.156. The molecule has 1 aromatic rings. The number of ether oxygens (including phenoxy) is 1. The van der Waals surface area contributed by atoms with E-state index in [1.165, 1.54) is 17.5 Å². The Hall–Kier alpha value is -1.83. The fraction of sp³-hybridized carbons (Fsp3) is 0.500. The Bertz CT molecular complexity index is 439. The SMILES string of the molecule is CC(C)(C)OC(=O)Nc1ncc(CNC(=O)O)s1. The van der Waals surface area contributed by atoms with Gasteiger partial charge in [0.1, 0.15) is 5.60 Å². The number of hydrogen-bond acceptors (Lipinski definition) is 5. The molecule has 1 aromatic heterocycles.